The van der Waals surface area contributed by atoms with Crippen LogP contribution < -0.4 is 0 Å². The first-order valence-corrected chi connectivity index (χ1v) is 5.96. The number of ketones is 1. The SMILES string of the molecule is CC(=O)c1nn(CC(=O)O)c2cc3nc(C)oc3cc12. The van der Waals surface area contributed by atoms with Crippen molar-refractivity contribution in [1.82, 2.24) is 14.8 Å². The number of carbonyl (C=O) groups excluding carboxylic acids is 1. The van der Waals surface area contributed by atoms with Crippen LogP contribution in [0.25, 0.3) is 22.0 Å². The van der Waals surface area contributed by atoms with E-state index in [1.807, 2.05) is 0 Å². The molecule has 3 rings (SSSR count). The number of benzene rings is 1. The second kappa shape index (κ2) is 4.16. The van der Waals surface area contributed by atoms with Gasteiger partial charge in [-0.1, -0.05) is 0 Å². The Morgan fingerprint density at radius 2 is 2.15 bits per heavy atom. The maximum Gasteiger partial charge on any atom is 0.325 e. The van der Waals surface area contributed by atoms with Crippen LogP contribution in [0.4, 0.5) is 0 Å². The number of aryl methyl sites for hydroxylation is 1. The first-order chi connectivity index (χ1) is 9.45. The lowest BCUT2D eigenvalue weighted by atomic mass is 10.1. The van der Waals surface area contributed by atoms with Crippen LogP contribution in [0.2, 0.25) is 0 Å². The number of carbonyl (C=O) groups is 2. The van der Waals surface area contributed by atoms with Gasteiger partial charge in [-0.25, -0.2) is 4.98 Å². The number of aromatic nitrogens is 3. The molecular formula is C13H11N3O4. The topological polar surface area (TPSA) is 98.2 Å². The van der Waals surface area contributed by atoms with Crippen molar-refractivity contribution in [2.75, 3.05) is 0 Å². The molecule has 0 bridgehead atoms. The van der Waals surface area contributed by atoms with Gasteiger partial charge in [0.1, 0.15) is 17.8 Å². The highest BCUT2D eigenvalue weighted by Gasteiger charge is 2.18. The molecule has 1 N–H and O–H groups in total. The highest BCUT2D eigenvalue weighted by Crippen LogP contribution is 2.26. The molecule has 0 unspecified atom stereocenters. The lowest BCUT2D eigenvalue weighted by Crippen LogP contribution is -2.10. The van der Waals surface area contributed by atoms with Crippen LogP contribution in [0.5, 0.6) is 0 Å². The summed E-state index contributed by atoms with van der Waals surface area (Å²) in [6.07, 6.45) is 0. The zero-order chi connectivity index (χ0) is 14.4. The summed E-state index contributed by atoms with van der Waals surface area (Å²) in [5.74, 6) is -0.745. The number of oxazole rings is 1. The van der Waals surface area contributed by atoms with Crippen molar-refractivity contribution in [3.05, 3.63) is 23.7 Å². The smallest absolute Gasteiger partial charge is 0.325 e. The van der Waals surface area contributed by atoms with Gasteiger partial charge >= 0.3 is 5.97 Å². The third-order valence-electron chi connectivity index (χ3n) is 2.99. The molecule has 20 heavy (non-hydrogen) atoms. The average molecular weight is 273 g/mol. The highest BCUT2D eigenvalue weighted by molar-refractivity contribution is 6.07. The van der Waals surface area contributed by atoms with E-state index in [1.54, 1.807) is 19.1 Å². The van der Waals surface area contributed by atoms with Gasteiger partial charge in [-0.15, -0.1) is 0 Å². The number of fused-ring (bicyclic) bond motifs is 2. The summed E-state index contributed by atoms with van der Waals surface area (Å²) in [6.45, 7) is 2.80. The summed E-state index contributed by atoms with van der Waals surface area (Å²) < 4.78 is 6.71. The zero-order valence-corrected chi connectivity index (χ0v) is 10.9. The predicted molar refractivity (Wildman–Crippen MR) is 69.7 cm³/mol. The Hall–Kier alpha value is -2.70. The van der Waals surface area contributed by atoms with Crippen molar-refractivity contribution in [3.63, 3.8) is 0 Å². The Balaban J connectivity index is 2.36. The van der Waals surface area contributed by atoms with E-state index in [9.17, 15) is 9.59 Å². The molecule has 7 nitrogen and oxygen atoms in total. The van der Waals surface area contributed by atoms with Crippen LogP contribution >= 0.6 is 0 Å². The van der Waals surface area contributed by atoms with E-state index in [1.165, 1.54) is 11.6 Å². The maximum absolute atomic E-state index is 11.6. The summed E-state index contributed by atoms with van der Waals surface area (Å²) in [4.78, 5) is 26.7. The van der Waals surface area contributed by atoms with E-state index in [4.69, 9.17) is 9.52 Å². The first kappa shape index (κ1) is 12.3. The van der Waals surface area contributed by atoms with Gasteiger partial charge in [0.25, 0.3) is 0 Å². The summed E-state index contributed by atoms with van der Waals surface area (Å²) in [5, 5.41) is 13.6. The lowest BCUT2D eigenvalue weighted by molar-refractivity contribution is -0.137. The molecule has 0 amide bonds. The third kappa shape index (κ3) is 1.83. The van der Waals surface area contributed by atoms with Gasteiger partial charge in [0.05, 0.1) is 5.52 Å². The zero-order valence-electron chi connectivity index (χ0n) is 10.9. The van der Waals surface area contributed by atoms with Crippen molar-refractivity contribution < 1.29 is 19.1 Å². The summed E-state index contributed by atoms with van der Waals surface area (Å²) >= 11 is 0. The van der Waals surface area contributed by atoms with Gasteiger partial charge in [0, 0.05) is 19.2 Å². The largest absolute Gasteiger partial charge is 0.480 e. The monoisotopic (exact) mass is 273 g/mol. The standard InChI is InChI=1S/C13H11N3O4/c1-6(17)13-8-3-11-9(14-7(2)20-11)4-10(8)16(15-13)5-12(18)19/h3-4H,5H2,1-2H3,(H,18,19). The summed E-state index contributed by atoms with van der Waals surface area (Å²) in [6, 6.07) is 3.36. The fourth-order valence-electron chi connectivity index (χ4n) is 2.22. The van der Waals surface area contributed by atoms with E-state index in [-0.39, 0.29) is 18.0 Å². The Morgan fingerprint density at radius 3 is 2.80 bits per heavy atom. The number of carboxylic acid groups (broad SMARTS) is 1. The summed E-state index contributed by atoms with van der Waals surface area (Å²) in [5.41, 5.74) is 1.94. The molecule has 7 heteroatoms. The highest BCUT2D eigenvalue weighted by atomic mass is 16.4. The van der Waals surface area contributed by atoms with Crippen LogP contribution in [-0.4, -0.2) is 31.6 Å². The first-order valence-electron chi connectivity index (χ1n) is 5.96. The number of Topliss-reactive ketones (excluding diaryl/α,β-unsaturated/α-hetero) is 1. The average Bonchev–Trinajstić information content (AvgIpc) is 2.85. The molecule has 0 saturated carbocycles. The molecule has 0 atom stereocenters. The van der Waals surface area contributed by atoms with Crippen LogP contribution in [0, 0.1) is 6.92 Å². The van der Waals surface area contributed by atoms with Crippen LogP contribution in [0.15, 0.2) is 16.5 Å². The van der Waals surface area contributed by atoms with E-state index in [2.05, 4.69) is 10.1 Å². The number of carboxylic acids is 1. The molecule has 0 aliphatic heterocycles. The van der Waals surface area contributed by atoms with Crippen molar-refractivity contribution in [2.24, 2.45) is 0 Å². The molecule has 0 aliphatic rings. The Labute approximate surface area is 112 Å². The molecule has 102 valence electrons. The number of hydrogen-bond donors (Lipinski definition) is 1. The quantitative estimate of drug-likeness (QED) is 0.730. The predicted octanol–water partition coefficient (Wildman–Crippen LogP) is 1.77. The van der Waals surface area contributed by atoms with E-state index < -0.39 is 5.97 Å². The second-order valence-corrected chi connectivity index (χ2v) is 4.53. The molecule has 0 aliphatic carbocycles. The van der Waals surface area contributed by atoms with Gasteiger partial charge < -0.3 is 9.52 Å². The van der Waals surface area contributed by atoms with Gasteiger partial charge in [0.15, 0.2) is 17.3 Å². The van der Waals surface area contributed by atoms with Gasteiger partial charge in [-0.3, -0.25) is 14.3 Å². The molecule has 2 aromatic heterocycles. The molecular weight excluding hydrogens is 262 g/mol. The minimum Gasteiger partial charge on any atom is -0.480 e. The van der Waals surface area contributed by atoms with Crippen molar-refractivity contribution in [2.45, 2.75) is 20.4 Å². The number of aliphatic carboxylic acids is 1. The molecule has 0 fully saturated rings. The van der Waals surface area contributed by atoms with Crippen molar-refractivity contribution in [3.8, 4) is 0 Å². The third-order valence-corrected chi connectivity index (χ3v) is 2.99. The number of nitrogens with zero attached hydrogens (tertiary/aromatic N) is 3. The van der Waals surface area contributed by atoms with E-state index >= 15 is 0 Å². The minimum absolute atomic E-state index is 0.227. The Morgan fingerprint density at radius 1 is 1.40 bits per heavy atom. The molecule has 0 spiro atoms. The van der Waals surface area contributed by atoms with Crippen LogP contribution in [-0.2, 0) is 11.3 Å². The van der Waals surface area contributed by atoms with Crippen molar-refractivity contribution in [1.29, 1.82) is 0 Å². The van der Waals surface area contributed by atoms with Gasteiger partial charge in [-0.2, -0.15) is 5.10 Å². The molecule has 2 heterocycles. The molecule has 3 aromatic rings. The second-order valence-electron chi connectivity index (χ2n) is 4.53. The molecule has 0 saturated heterocycles. The summed E-state index contributed by atoms with van der Waals surface area (Å²) in [7, 11) is 0. The number of hydrogen-bond acceptors (Lipinski definition) is 5. The Bertz CT molecular complexity index is 859. The number of rotatable bonds is 3. The van der Waals surface area contributed by atoms with Crippen LogP contribution in [0.3, 0.4) is 0 Å². The maximum atomic E-state index is 11.6. The minimum atomic E-state index is -1.03. The van der Waals surface area contributed by atoms with E-state index in [0.717, 1.165) is 0 Å². The lowest BCUT2D eigenvalue weighted by Gasteiger charge is -1.98. The fourth-order valence-corrected chi connectivity index (χ4v) is 2.22. The van der Waals surface area contributed by atoms with Crippen molar-refractivity contribution >= 4 is 33.8 Å². The van der Waals surface area contributed by atoms with E-state index in [0.29, 0.717) is 27.9 Å². The Kier molecular flexibility index (Phi) is 2.56. The fraction of sp³-hybridized carbons (Fsp3) is 0.231. The van der Waals surface area contributed by atoms with Gasteiger partial charge in [-0.05, 0) is 12.1 Å². The normalized spacial score (nSPS) is 11.3. The van der Waals surface area contributed by atoms with Gasteiger partial charge in [0.2, 0.25) is 0 Å². The molecule has 1 aromatic carbocycles. The molecule has 0 radical (unpaired) electrons. The van der Waals surface area contributed by atoms with Crippen LogP contribution in [0.1, 0.15) is 23.3 Å².